The first kappa shape index (κ1) is 16.0. The fourth-order valence-corrected chi connectivity index (χ4v) is 2.85. The Hall–Kier alpha value is -1.88. The number of nitrogens with zero attached hydrogens (tertiary/aromatic N) is 1. The first-order valence-electron chi connectivity index (χ1n) is 8.12. The predicted octanol–water partition coefficient (Wildman–Crippen LogP) is 1.86. The summed E-state index contributed by atoms with van der Waals surface area (Å²) in [6.45, 7) is 6.48. The summed E-state index contributed by atoms with van der Waals surface area (Å²) in [7, 11) is 0. The molecular weight excluding hydrogens is 292 g/mol. The molecule has 5 nitrogen and oxygen atoms in total. The lowest BCUT2D eigenvalue weighted by molar-refractivity contribution is -0.156. The van der Waals surface area contributed by atoms with Gasteiger partial charge in [0.2, 0.25) is 11.8 Å². The number of carbonyl (C=O) groups is 2. The first-order valence-corrected chi connectivity index (χ1v) is 8.12. The van der Waals surface area contributed by atoms with Crippen molar-refractivity contribution >= 4 is 11.8 Å². The molecule has 0 bridgehead atoms. The van der Waals surface area contributed by atoms with Crippen LogP contribution in [0.1, 0.15) is 39.2 Å². The lowest BCUT2D eigenvalue weighted by Crippen LogP contribution is -2.65. The second-order valence-electron chi connectivity index (χ2n) is 7.43. The Labute approximate surface area is 137 Å². The van der Waals surface area contributed by atoms with E-state index in [0.717, 1.165) is 18.4 Å². The van der Waals surface area contributed by atoms with Gasteiger partial charge in [0, 0.05) is 6.54 Å². The average molecular weight is 316 g/mol. The number of piperazine rings is 1. The Kier molecular flexibility index (Phi) is 3.92. The fourth-order valence-electron chi connectivity index (χ4n) is 2.85. The van der Waals surface area contributed by atoms with Crippen LogP contribution in [0.5, 0.6) is 0 Å². The van der Waals surface area contributed by atoms with E-state index in [0.29, 0.717) is 6.54 Å². The van der Waals surface area contributed by atoms with E-state index in [1.54, 1.807) is 4.90 Å². The molecule has 1 aliphatic carbocycles. The highest BCUT2D eigenvalue weighted by Gasteiger charge is 2.58. The largest absolute Gasteiger partial charge is 0.373 e. The summed E-state index contributed by atoms with van der Waals surface area (Å²) in [5.74, 6) is -0.0919. The third-order valence-electron chi connectivity index (χ3n) is 4.33. The molecule has 1 saturated carbocycles. The van der Waals surface area contributed by atoms with E-state index < -0.39 is 11.6 Å². The minimum atomic E-state index is -0.649. The summed E-state index contributed by atoms with van der Waals surface area (Å²) < 4.78 is 5.79. The highest BCUT2D eigenvalue weighted by atomic mass is 16.5. The third-order valence-corrected chi connectivity index (χ3v) is 4.33. The highest BCUT2D eigenvalue weighted by Crippen LogP contribution is 2.40. The lowest BCUT2D eigenvalue weighted by atomic mass is 10.0. The molecule has 5 heteroatoms. The zero-order chi connectivity index (χ0) is 16.7. The van der Waals surface area contributed by atoms with Gasteiger partial charge in [-0.15, -0.1) is 0 Å². The molecule has 23 heavy (non-hydrogen) atoms. The molecule has 0 radical (unpaired) electrons. The van der Waals surface area contributed by atoms with Gasteiger partial charge >= 0.3 is 0 Å². The topological polar surface area (TPSA) is 58.6 Å². The monoisotopic (exact) mass is 316 g/mol. The Morgan fingerprint density at radius 3 is 2.43 bits per heavy atom. The van der Waals surface area contributed by atoms with Crippen molar-refractivity contribution in [3.63, 3.8) is 0 Å². The summed E-state index contributed by atoms with van der Waals surface area (Å²) in [4.78, 5) is 27.1. The zero-order valence-electron chi connectivity index (χ0n) is 14.0. The Bertz CT molecular complexity index is 602. The molecule has 1 atom stereocenters. The van der Waals surface area contributed by atoms with Crippen LogP contribution in [-0.2, 0) is 20.9 Å². The van der Waals surface area contributed by atoms with E-state index in [2.05, 4.69) is 5.32 Å². The lowest BCUT2D eigenvalue weighted by Gasteiger charge is -2.40. The van der Waals surface area contributed by atoms with Gasteiger partial charge in [-0.2, -0.15) is 0 Å². The number of nitrogens with one attached hydrogen (secondary N) is 1. The SMILES string of the molecule is CC(C)(C)OC[C@H]1C(=O)NC2(CC2)C(=O)N1Cc1ccccc1. The van der Waals surface area contributed by atoms with Gasteiger partial charge in [-0.3, -0.25) is 9.59 Å². The van der Waals surface area contributed by atoms with Crippen LogP contribution in [0.4, 0.5) is 0 Å². The van der Waals surface area contributed by atoms with E-state index in [9.17, 15) is 9.59 Å². The molecule has 1 aromatic carbocycles. The van der Waals surface area contributed by atoms with Gasteiger partial charge in [0.05, 0.1) is 12.2 Å². The van der Waals surface area contributed by atoms with Gasteiger partial charge in [-0.05, 0) is 39.2 Å². The van der Waals surface area contributed by atoms with E-state index in [1.807, 2.05) is 51.1 Å². The van der Waals surface area contributed by atoms with Crippen LogP contribution in [-0.4, -0.2) is 40.5 Å². The van der Waals surface area contributed by atoms with Crippen LogP contribution < -0.4 is 5.32 Å². The molecule has 1 aromatic rings. The molecule has 1 spiro atoms. The number of rotatable bonds is 4. The molecule has 124 valence electrons. The van der Waals surface area contributed by atoms with Crippen LogP contribution in [0.15, 0.2) is 30.3 Å². The molecule has 0 aromatic heterocycles. The molecule has 2 aliphatic rings. The van der Waals surface area contributed by atoms with Gasteiger partial charge < -0.3 is 15.0 Å². The normalized spacial score (nSPS) is 23.1. The van der Waals surface area contributed by atoms with Gasteiger partial charge in [-0.25, -0.2) is 0 Å². The summed E-state index contributed by atoms with van der Waals surface area (Å²) in [6, 6.07) is 9.20. The number of hydrogen-bond donors (Lipinski definition) is 1. The van der Waals surface area contributed by atoms with Crippen molar-refractivity contribution in [2.24, 2.45) is 0 Å². The standard InChI is InChI=1S/C18H24N2O3/c1-17(2,3)23-12-14-15(21)19-18(9-10-18)16(22)20(14)11-13-7-5-4-6-8-13/h4-8,14H,9-12H2,1-3H3,(H,19,21)/t14-/m0/s1. The predicted molar refractivity (Wildman–Crippen MR) is 86.6 cm³/mol. The third kappa shape index (κ3) is 3.39. The van der Waals surface area contributed by atoms with Crippen LogP contribution in [0, 0.1) is 0 Å². The molecular formula is C18H24N2O3. The van der Waals surface area contributed by atoms with E-state index >= 15 is 0 Å². The Morgan fingerprint density at radius 2 is 1.87 bits per heavy atom. The number of carbonyl (C=O) groups excluding carboxylic acids is 2. The maximum atomic E-state index is 12.9. The summed E-state index contributed by atoms with van der Waals surface area (Å²) in [6.07, 6.45) is 1.46. The summed E-state index contributed by atoms with van der Waals surface area (Å²) in [5.41, 5.74) is 0.0210. The van der Waals surface area contributed by atoms with Crippen LogP contribution >= 0.6 is 0 Å². The molecule has 1 aliphatic heterocycles. The Morgan fingerprint density at radius 1 is 1.22 bits per heavy atom. The minimum absolute atomic E-state index is 0.0171. The van der Waals surface area contributed by atoms with Crippen LogP contribution in [0.3, 0.4) is 0 Å². The van der Waals surface area contributed by atoms with Crippen molar-refractivity contribution in [3.8, 4) is 0 Å². The number of ether oxygens (including phenoxy) is 1. The second-order valence-corrected chi connectivity index (χ2v) is 7.43. The van der Waals surface area contributed by atoms with Gasteiger partial charge in [0.15, 0.2) is 0 Å². The maximum Gasteiger partial charge on any atom is 0.249 e. The number of amides is 2. The fraction of sp³-hybridized carbons (Fsp3) is 0.556. The van der Waals surface area contributed by atoms with Crippen molar-refractivity contribution in [3.05, 3.63) is 35.9 Å². The van der Waals surface area contributed by atoms with Crippen LogP contribution in [0.25, 0.3) is 0 Å². The summed E-state index contributed by atoms with van der Waals surface area (Å²) in [5, 5.41) is 2.91. The highest BCUT2D eigenvalue weighted by molar-refractivity contribution is 6.01. The smallest absolute Gasteiger partial charge is 0.249 e. The second kappa shape index (κ2) is 5.64. The van der Waals surface area contributed by atoms with Crippen molar-refractivity contribution in [1.82, 2.24) is 10.2 Å². The molecule has 3 rings (SSSR count). The molecule has 2 amide bonds. The molecule has 1 N–H and O–H groups in total. The first-order chi connectivity index (χ1) is 10.8. The van der Waals surface area contributed by atoms with Crippen molar-refractivity contribution in [2.75, 3.05) is 6.61 Å². The van der Waals surface area contributed by atoms with Gasteiger partial charge in [0.25, 0.3) is 0 Å². The van der Waals surface area contributed by atoms with Crippen molar-refractivity contribution in [2.45, 2.75) is 57.3 Å². The Balaban J connectivity index is 1.81. The van der Waals surface area contributed by atoms with E-state index in [-0.39, 0.29) is 24.0 Å². The number of benzene rings is 1. The maximum absolute atomic E-state index is 12.9. The number of hydrogen-bond acceptors (Lipinski definition) is 3. The van der Waals surface area contributed by atoms with E-state index in [4.69, 9.17) is 4.74 Å². The molecule has 2 fully saturated rings. The van der Waals surface area contributed by atoms with Crippen LogP contribution in [0.2, 0.25) is 0 Å². The molecule has 1 saturated heterocycles. The summed E-state index contributed by atoms with van der Waals surface area (Å²) >= 11 is 0. The van der Waals surface area contributed by atoms with Gasteiger partial charge in [0.1, 0.15) is 11.6 Å². The van der Waals surface area contributed by atoms with Gasteiger partial charge in [-0.1, -0.05) is 30.3 Å². The van der Waals surface area contributed by atoms with Crippen molar-refractivity contribution in [1.29, 1.82) is 0 Å². The average Bonchev–Trinajstić information content (AvgIpc) is 3.24. The van der Waals surface area contributed by atoms with Crippen molar-refractivity contribution < 1.29 is 14.3 Å². The van der Waals surface area contributed by atoms with E-state index in [1.165, 1.54) is 0 Å². The quantitative estimate of drug-likeness (QED) is 0.922. The molecule has 1 heterocycles. The zero-order valence-corrected chi connectivity index (χ0v) is 14.0. The minimum Gasteiger partial charge on any atom is -0.373 e. The molecule has 0 unspecified atom stereocenters.